The first kappa shape index (κ1) is 19.2. The van der Waals surface area contributed by atoms with E-state index in [-0.39, 0.29) is 36.5 Å². The van der Waals surface area contributed by atoms with Gasteiger partial charge >= 0.3 is 0 Å². The van der Waals surface area contributed by atoms with Gasteiger partial charge in [-0.2, -0.15) is 0 Å². The molecule has 1 fully saturated rings. The Balaban J connectivity index is 1.56. The fourth-order valence-electron chi connectivity index (χ4n) is 3.19. The molecule has 1 saturated heterocycles. The second-order valence-corrected chi connectivity index (χ2v) is 6.97. The number of carbonyl (C=O) groups excluding carboxylic acids is 2. The van der Waals surface area contributed by atoms with Crippen molar-refractivity contribution in [1.82, 2.24) is 4.90 Å². The van der Waals surface area contributed by atoms with Gasteiger partial charge in [-0.25, -0.2) is 4.39 Å². The van der Waals surface area contributed by atoms with Crippen molar-refractivity contribution in [1.29, 1.82) is 0 Å². The highest BCUT2D eigenvalue weighted by molar-refractivity contribution is 5.98. The molecule has 27 heavy (non-hydrogen) atoms. The zero-order valence-electron chi connectivity index (χ0n) is 15.7. The Hall–Kier alpha value is -2.53. The molecular formula is C22H24FNO3. The average molecular weight is 369 g/mol. The molecule has 4 nitrogen and oxygen atoms in total. The summed E-state index contributed by atoms with van der Waals surface area (Å²) in [4.78, 5) is 26.7. The minimum Gasteiger partial charge on any atom is -0.370 e. The molecule has 0 N–H and O–H groups in total. The van der Waals surface area contributed by atoms with Crippen LogP contribution in [0.15, 0.2) is 42.5 Å². The van der Waals surface area contributed by atoms with Crippen molar-refractivity contribution in [2.75, 3.05) is 19.7 Å². The Morgan fingerprint density at radius 2 is 1.81 bits per heavy atom. The van der Waals surface area contributed by atoms with Crippen LogP contribution in [0, 0.1) is 19.7 Å². The molecule has 0 saturated carbocycles. The first-order chi connectivity index (χ1) is 12.9. The van der Waals surface area contributed by atoms with Crippen LogP contribution < -0.4 is 0 Å². The number of benzene rings is 2. The SMILES string of the molecule is Cc1ccc(C(=O)CCC(=O)N2CCOC(c3ccc(F)cc3)C2)cc1C. The van der Waals surface area contributed by atoms with E-state index in [1.165, 1.54) is 12.1 Å². The Kier molecular flexibility index (Phi) is 6.01. The summed E-state index contributed by atoms with van der Waals surface area (Å²) in [5, 5.41) is 0. The molecule has 0 aromatic heterocycles. The van der Waals surface area contributed by atoms with Crippen LogP contribution in [0.2, 0.25) is 0 Å². The van der Waals surface area contributed by atoms with Crippen molar-refractivity contribution in [3.05, 3.63) is 70.5 Å². The third-order valence-corrected chi connectivity index (χ3v) is 5.06. The van der Waals surface area contributed by atoms with Crippen LogP contribution in [0.4, 0.5) is 4.39 Å². The molecule has 1 aliphatic heterocycles. The predicted octanol–water partition coefficient (Wildman–Crippen LogP) is 4.01. The maximum Gasteiger partial charge on any atom is 0.223 e. The number of hydrogen-bond acceptors (Lipinski definition) is 3. The van der Waals surface area contributed by atoms with Crippen LogP contribution >= 0.6 is 0 Å². The molecule has 1 atom stereocenters. The van der Waals surface area contributed by atoms with Gasteiger partial charge in [0.1, 0.15) is 11.9 Å². The number of hydrogen-bond donors (Lipinski definition) is 0. The maximum absolute atomic E-state index is 13.1. The van der Waals surface area contributed by atoms with Crippen LogP contribution in [0.25, 0.3) is 0 Å². The zero-order chi connectivity index (χ0) is 19.4. The lowest BCUT2D eigenvalue weighted by Gasteiger charge is -2.33. The predicted molar refractivity (Wildman–Crippen MR) is 101 cm³/mol. The number of ether oxygens (including phenoxy) is 1. The van der Waals surface area contributed by atoms with E-state index in [0.29, 0.717) is 25.3 Å². The second kappa shape index (κ2) is 8.44. The molecule has 1 unspecified atom stereocenters. The summed E-state index contributed by atoms with van der Waals surface area (Å²) in [5.41, 5.74) is 3.71. The van der Waals surface area contributed by atoms with E-state index in [9.17, 15) is 14.0 Å². The van der Waals surface area contributed by atoms with Crippen molar-refractivity contribution in [2.45, 2.75) is 32.8 Å². The van der Waals surface area contributed by atoms with E-state index in [2.05, 4.69) is 0 Å². The first-order valence-electron chi connectivity index (χ1n) is 9.19. The first-order valence-corrected chi connectivity index (χ1v) is 9.19. The standard InChI is InChI=1S/C22H24FNO3/c1-15-3-4-18(13-16(15)2)20(25)9-10-22(26)24-11-12-27-21(14-24)17-5-7-19(23)8-6-17/h3-8,13,21H,9-12,14H2,1-2H3. The minimum absolute atomic E-state index is 0.0187. The van der Waals surface area contributed by atoms with Gasteiger partial charge in [0.2, 0.25) is 5.91 Å². The van der Waals surface area contributed by atoms with Crippen LogP contribution in [-0.2, 0) is 9.53 Å². The summed E-state index contributed by atoms with van der Waals surface area (Å²) >= 11 is 0. The van der Waals surface area contributed by atoms with E-state index in [1.807, 2.05) is 32.0 Å². The minimum atomic E-state index is -0.299. The zero-order valence-corrected chi connectivity index (χ0v) is 15.7. The number of nitrogens with zero attached hydrogens (tertiary/aromatic N) is 1. The van der Waals surface area contributed by atoms with Crippen LogP contribution in [0.5, 0.6) is 0 Å². The monoisotopic (exact) mass is 369 g/mol. The highest BCUT2D eigenvalue weighted by Gasteiger charge is 2.25. The van der Waals surface area contributed by atoms with E-state index in [1.54, 1.807) is 17.0 Å². The van der Waals surface area contributed by atoms with Gasteiger partial charge in [-0.05, 0) is 48.7 Å². The van der Waals surface area contributed by atoms with Crippen molar-refractivity contribution in [3.8, 4) is 0 Å². The Morgan fingerprint density at radius 3 is 2.52 bits per heavy atom. The van der Waals surface area contributed by atoms with Gasteiger partial charge in [-0.3, -0.25) is 9.59 Å². The molecule has 0 aliphatic carbocycles. The van der Waals surface area contributed by atoms with E-state index < -0.39 is 0 Å². The summed E-state index contributed by atoms with van der Waals surface area (Å²) in [6, 6.07) is 11.8. The third kappa shape index (κ3) is 4.80. The van der Waals surface area contributed by atoms with E-state index in [4.69, 9.17) is 4.74 Å². The van der Waals surface area contributed by atoms with Crippen molar-refractivity contribution in [3.63, 3.8) is 0 Å². The molecule has 0 radical (unpaired) electrons. The summed E-state index contributed by atoms with van der Waals surface area (Å²) in [7, 11) is 0. The molecule has 2 aromatic carbocycles. The number of aryl methyl sites for hydroxylation is 2. The van der Waals surface area contributed by atoms with Crippen LogP contribution in [0.1, 0.15) is 46.0 Å². The topological polar surface area (TPSA) is 46.6 Å². The molecule has 1 amide bonds. The number of ketones is 1. The number of amides is 1. The van der Waals surface area contributed by atoms with Gasteiger partial charge in [-0.15, -0.1) is 0 Å². The normalized spacial score (nSPS) is 17.0. The number of morpholine rings is 1. The molecule has 5 heteroatoms. The van der Waals surface area contributed by atoms with Gasteiger partial charge in [0, 0.05) is 24.9 Å². The number of halogens is 1. The Bertz CT molecular complexity index is 832. The van der Waals surface area contributed by atoms with E-state index in [0.717, 1.165) is 16.7 Å². The lowest BCUT2D eigenvalue weighted by atomic mass is 10.0. The fraction of sp³-hybridized carbons (Fsp3) is 0.364. The Labute approximate surface area is 158 Å². The molecular weight excluding hydrogens is 345 g/mol. The molecule has 0 spiro atoms. The molecule has 1 heterocycles. The summed E-state index contributed by atoms with van der Waals surface area (Å²) in [6.45, 7) is 5.33. The lowest BCUT2D eigenvalue weighted by molar-refractivity contribution is -0.139. The molecule has 2 aromatic rings. The maximum atomic E-state index is 13.1. The van der Waals surface area contributed by atoms with E-state index >= 15 is 0 Å². The van der Waals surface area contributed by atoms with Gasteiger partial charge in [0.25, 0.3) is 0 Å². The van der Waals surface area contributed by atoms with Gasteiger partial charge in [-0.1, -0.05) is 24.3 Å². The van der Waals surface area contributed by atoms with Crippen molar-refractivity contribution >= 4 is 11.7 Å². The fourth-order valence-corrected chi connectivity index (χ4v) is 3.19. The average Bonchev–Trinajstić information content (AvgIpc) is 2.68. The number of rotatable bonds is 5. The highest BCUT2D eigenvalue weighted by atomic mass is 19.1. The quantitative estimate of drug-likeness (QED) is 0.748. The van der Waals surface area contributed by atoms with Crippen LogP contribution in [-0.4, -0.2) is 36.3 Å². The summed E-state index contributed by atoms with van der Waals surface area (Å²) in [5.74, 6) is -0.371. The highest BCUT2D eigenvalue weighted by Crippen LogP contribution is 2.23. The summed E-state index contributed by atoms with van der Waals surface area (Å²) in [6.07, 6.45) is 0.112. The molecule has 1 aliphatic rings. The largest absolute Gasteiger partial charge is 0.370 e. The number of Topliss-reactive ketones (excluding diaryl/α,β-unsaturated/α-hetero) is 1. The number of carbonyl (C=O) groups is 2. The molecule has 3 rings (SSSR count). The van der Waals surface area contributed by atoms with Crippen LogP contribution in [0.3, 0.4) is 0 Å². The summed E-state index contributed by atoms with van der Waals surface area (Å²) < 4.78 is 18.8. The van der Waals surface area contributed by atoms with Gasteiger partial charge < -0.3 is 9.64 Å². The molecule has 0 bridgehead atoms. The third-order valence-electron chi connectivity index (χ3n) is 5.06. The molecule has 142 valence electrons. The van der Waals surface area contributed by atoms with Crippen molar-refractivity contribution in [2.24, 2.45) is 0 Å². The van der Waals surface area contributed by atoms with Crippen molar-refractivity contribution < 1.29 is 18.7 Å². The van der Waals surface area contributed by atoms with Gasteiger partial charge in [0.15, 0.2) is 5.78 Å². The lowest BCUT2D eigenvalue weighted by Crippen LogP contribution is -2.42. The Morgan fingerprint density at radius 1 is 1.07 bits per heavy atom. The smallest absolute Gasteiger partial charge is 0.223 e. The van der Waals surface area contributed by atoms with Gasteiger partial charge in [0.05, 0.1) is 13.2 Å². The second-order valence-electron chi connectivity index (χ2n) is 6.97.